The number of ketones is 3. The minimum absolute atomic E-state index is 0.0903. The number of carbonyl (C=O) groups is 3. The molecule has 7 nitrogen and oxygen atoms in total. The van der Waals surface area contributed by atoms with Crippen molar-refractivity contribution >= 4 is 17.3 Å². The number of hydrogen-bond donors (Lipinski definition) is 4. The van der Waals surface area contributed by atoms with Crippen molar-refractivity contribution < 1.29 is 34.8 Å². The molecule has 2 bridgehead atoms. The number of aromatic hydroxyl groups is 2. The highest BCUT2D eigenvalue weighted by Crippen LogP contribution is 2.61. The van der Waals surface area contributed by atoms with Crippen LogP contribution in [0.15, 0.2) is 53.9 Å². The quantitative estimate of drug-likeness (QED) is 0.208. The Kier molecular flexibility index (Phi) is 6.70. The zero-order chi connectivity index (χ0) is 26.5. The van der Waals surface area contributed by atoms with E-state index < -0.39 is 57.6 Å². The van der Waals surface area contributed by atoms with E-state index in [9.17, 15) is 34.8 Å². The van der Waals surface area contributed by atoms with Crippen LogP contribution in [0.2, 0.25) is 0 Å². The van der Waals surface area contributed by atoms with Crippen LogP contribution >= 0.6 is 0 Å². The fourth-order valence-electron chi connectivity index (χ4n) is 5.67. The number of aliphatic hydroxyl groups excluding tert-OH is 1. The van der Waals surface area contributed by atoms with E-state index >= 15 is 0 Å². The first-order chi connectivity index (χ1) is 16.3. The van der Waals surface area contributed by atoms with E-state index in [4.69, 9.17) is 0 Å². The average Bonchev–Trinajstić information content (AvgIpc) is 2.80. The van der Waals surface area contributed by atoms with Gasteiger partial charge in [0, 0.05) is 28.9 Å². The Balaban J connectivity index is 2.34. The number of allylic oxidation sites excluding steroid dienone is 7. The molecule has 1 saturated carbocycles. The second kappa shape index (κ2) is 8.96. The molecule has 186 valence electrons. The molecular weight excluding hydrogens is 448 g/mol. The van der Waals surface area contributed by atoms with Gasteiger partial charge in [0.05, 0.1) is 11.0 Å². The number of phenols is 2. The molecule has 0 amide bonds. The Bertz CT molecular complexity index is 1230. The zero-order valence-electron chi connectivity index (χ0n) is 20.8. The minimum atomic E-state index is -2.13. The van der Waals surface area contributed by atoms with Gasteiger partial charge in [-0.3, -0.25) is 14.4 Å². The molecule has 7 heteroatoms. The zero-order valence-corrected chi connectivity index (χ0v) is 20.8. The van der Waals surface area contributed by atoms with Crippen LogP contribution < -0.4 is 0 Å². The van der Waals surface area contributed by atoms with E-state index in [0.29, 0.717) is 5.56 Å². The predicted octanol–water partition coefficient (Wildman–Crippen LogP) is 4.19. The summed E-state index contributed by atoms with van der Waals surface area (Å²) in [6, 6.07) is 1.35. The Morgan fingerprint density at radius 2 is 1.63 bits per heavy atom. The molecule has 1 aromatic carbocycles. The fraction of sp³-hybridized carbons (Fsp3) is 0.393. The summed E-state index contributed by atoms with van der Waals surface area (Å²) in [6.45, 7) is 9.21. The number of phenolic OH excluding ortho intramolecular Hbond substituents is 2. The molecule has 4 N–H and O–H groups in total. The monoisotopic (exact) mass is 480 g/mol. The standard InChI is InChI=1S/C28H32O7/c1-7-9-10-12-18(29)20-21-19(24(32)16-13-14(3)22(30)15(4)23(16)31)17(11-8-2)27(5,25(20)33)26(34)28(21,6)35/h7-13,17,19,21,30-31,33,35H,1-6H3/b9-7+,11-8+,12-10+/t17-,19-,21+,27-,28?/m1/s1. The lowest BCUT2D eigenvalue weighted by Gasteiger charge is -2.57. The summed E-state index contributed by atoms with van der Waals surface area (Å²) in [4.78, 5) is 40.7. The largest absolute Gasteiger partial charge is 0.511 e. The lowest BCUT2D eigenvalue weighted by Crippen LogP contribution is -2.68. The van der Waals surface area contributed by atoms with Gasteiger partial charge in [-0.1, -0.05) is 30.4 Å². The van der Waals surface area contributed by atoms with Crippen LogP contribution in [0.1, 0.15) is 49.2 Å². The van der Waals surface area contributed by atoms with Crippen molar-refractivity contribution in [2.75, 3.05) is 0 Å². The molecule has 4 rings (SSSR count). The summed E-state index contributed by atoms with van der Waals surface area (Å²) in [5.41, 5.74) is -3.67. The Hall–Kier alpha value is -3.45. The third-order valence-corrected chi connectivity index (χ3v) is 7.49. The molecule has 0 saturated heterocycles. The van der Waals surface area contributed by atoms with E-state index in [2.05, 4.69) is 0 Å². The van der Waals surface area contributed by atoms with E-state index in [0.717, 1.165) is 0 Å². The second-order valence-electron chi connectivity index (χ2n) is 9.67. The lowest BCUT2D eigenvalue weighted by atomic mass is 9.45. The molecule has 0 spiro atoms. The van der Waals surface area contributed by atoms with Crippen molar-refractivity contribution in [2.45, 2.75) is 47.1 Å². The van der Waals surface area contributed by atoms with Crippen LogP contribution in [0.3, 0.4) is 0 Å². The van der Waals surface area contributed by atoms with Crippen molar-refractivity contribution in [3.05, 3.63) is 70.5 Å². The highest BCUT2D eigenvalue weighted by Gasteiger charge is 2.70. The highest BCUT2D eigenvalue weighted by molar-refractivity contribution is 6.13. The molecule has 3 aliphatic rings. The average molecular weight is 481 g/mol. The number of benzene rings is 1. The molecule has 0 aliphatic heterocycles. The van der Waals surface area contributed by atoms with E-state index in [-0.39, 0.29) is 22.4 Å². The summed E-state index contributed by atoms with van der Waals surface area (Å²) in [7, 11) is 0. The lowest BCUT2D eigenvalue weighted by molar-refractivity contribution is -0.169. The van der Waals surface area contributed by atoms with Crippen LogP contribution in [-0.2, 0) is 9.59 Å². The first-order valence-corrected chi connectivity index (χ1v) is 11.5. The summed E-state index contributed by atoms with van der Waals surface area (Å²) < 4.78 is 0. The van der Waals surface area contributed by atoms with Gasteiger partial charge in [-0.05, 0) is 59.2 Å². The van der Waals surface area contributed by atoms with Crippen LogP contribution in [0.5, 0.6) is 11.5 Å². The van der Waals surface area contributed by atoms with E-state index in [1.165, 1.54) is 39.0 Å². The molecule has 3 aliphatic carbocycles. The normalized spacial score (nSPS) is 30.8. The van der Waals surface area contributed by atoms with Crippen molar-refractivity contribution in [1.82, 2.24) is 0 Å². The molecule has 5 atom stereocenters. The number of hydrogen-bond acceptors (Lipinski definition) is 7. The van der Waals surface area contributed by atoms with Gasteiger partial charge in [0.1, 0.15) is 22.9 Å². The summed E-state index contributed by atoms with van der Waals surface area (Å²) >= 11 is 0. The Labute approximate surface area is 204 Å². The van der Waals surface area contributed by atoms with Crippen molar-refractivity contribution in [3.8, 4) is 11.5 Å². The molecule has 0 radical (unpaired) electrons. The maximum absolute atomic E-state index is 14.0. The number of carbonyl (C=O) groups excluding carboxylic acids is 3. The third-order valence-electron chi connectivity index (χ3n) is 7.49. The number of rotatable bonds is 6. The maximum Gasteiger partial charge on any atom is 0.185 e. The third kappa shape index (κ3) is 3.65. The van der Waals surface area contributed by atoms with Crippen LogP contribution in [-0.4, -0.2) is 43.4 Å². The molecule has 0 aromatic heterocycles. The van der Waals surface area contributed by atoms with Gasteiger partial charge >= 0.3 is 0 Å². The van der Waals surface area contributed by atoms with Gasteiger partial charge in [0.25, 0.3) is 0 Å². The molecular formula is C28H32O7. The minimum Gasteiger partial charge on any atom is -0.511 e. The molecule has 0 heterocycles. The Morgan fingerprint density at radius 3 is 2.20 bits per heavy atom. The second-order valence-corrected chi connectivity index (χ2v) is 9.67. The van der Waals surface area contributed by atoms with Crippen molar-refractivity contribution in [2.24, 2.45) is 23.2 Å². The topological polar surface area (TPSA) is 132 Å². The van der Waals surface area contributed by atoms with Crippen LogP contribution in [0.25, 0.3) is 0 Å². The Morgan fingerprint density at radius 1 is 1.00 bits per heavy atom. The van der Waals surface area contributed by atoms with E-state index in [1.54, 1.807) is 45.1 Å². The molecule has 1 aromatic rings. The first kappa shape index (κ1) is 26.2. The summed E-state index contributed by atoms with van der Waals surface area (Å²) in [5.74, 6) is -6.32. The van der Waals surface area contributed by atoms with E-state index in [1.807, 2.05) is 0 Å². The molecule has 35 heavy (non-hydrogen) atoms. The predicted molar refractivity (Wildman–Crippen MR) is 131 cm³/mol. The number of aliphatic hydroxyl groups is 2. The van der Waals surface area contributed by atoms with Gasteiger partial charge in [-0.15, -0.1) is 0 Å². The molecule has 1 unspecified atom stereocenters. The van der Waals surface area contributed by atoms with Gasteiger partial charge in [0.15, 0.2) is 17.3 Å². The molecule has 1 fully saturated rings. The smallest absolute Gasteiger partial charge is 0.185 e. The van der Waals surface area contributed by atoms with Gasteiger partial charge in [-0.25, -0.2) is 0 Å². The fourth-order valence-corrected chi connectivity index (χ4v) is 5.67. The SMILES string of the molecule is C/C=C/C=C/C(=O)C1=C(O)[C@]2(C)C(=O)C(C)(O)[C@H]1[C@H](C(=O)c1cc(C)c(O)c(C)c1O)[C@H]2/C=C/C. The van der Waals surface area contributed by atoms with Crippen molar-refractivity contribution in [3.63, 3.8) is 0 Å². The van der Waals surface area contributed by atoms with Crippen LogP contribution in [0, 0.1) is 37.0 Å². The number of fused-ring (bicyclic) bond motifs is 2. The van der Waals surface area contributed by atoms with Gasteiger partial charge in [-0.2, -0.15) is 0 Å². The summed E-state index contributed by atoms with van der Waals surface area (Å²) in [6.07, 6.45) is 9.28. The van der Waals surface area contributed by atoms with Crippen molar-refractivity contribution in [1.29, 1.82) is 0 Å². The summed E-state index contributed by atoms with van der Waals surface area (Å²) in [5, 5.41) is 43.6. The first-order valence-electron chi connectivity index (χ1n) is 11.5. The van der Waals surface area contributed by atoms with Crippen LogP contribution in [0.4, 0.5) is 0 Å². The highest BCUT2D eigenvalue weighted by atomic mass is 16.3. The number of Topliss-reactive ketones (excluding diaryl/α,β-unsaturated/α-hetero) is 2. The maximum atomic E-state index is 14.0. The van der Waals surface area contributed by atoms with Gasteiger partial charge in [0.2, 0.25) is 0 Å². The number of aryl methyl sites for hydroxylation is 1. The van der Waals surface area contributed by atoms with Gasteiger partial charge < -0.3 is 20.4 Å².